The highest BCUT2D eigenvalue weighted by atomic mass is 35.5. The average molecular weight is 379 g/mol. The Hall–Kier alpha value is -2.12. The van der Waals surface area contributed by atoms with E-state index < -0.39 is 6.04 Å². The van der Waals surface area contributed by atoms with Gasteiger partial charge in [0.1, 0.15) is 5.82 Å². The molecule has 1 heterocycles. The molecule has 3 aromatic rings. The summed E-state index contributed by atoms with van der Waals surface area (Å²) in [4.78, 5) is 8.93. The SMILES string of the molecule is OCC(CO)Nc1nc(Nc2cc(Cl)cc(Cl)c2)nc2ccccc12. The molecule has 4 N–H and O–H groups in total. The van der Waals surface area contributed by atoms with Crippen LogP contribution in [0.1, 0.15) is 0 Å². The van der Waals surface area contributed by atoms with Crippen LogP contribution in [-0.2, 0) is 0 Å². The number of nitrogens with one attached hydrogen (secondary N) is 2. The molecule has 130 valence electrons. The topological polar surface area (TPSA) is 90.3 Å². The number of nitrogens with zero attached hydrogens (tertiary/aromatic N) is 2. The van der Waals surface area contributed by atoms with Gasteiger partial charge in [-0.3, -0.25) is 0 Å². The monoisotopic (exact) mass is 378 g/mol. The first-order chi connectivity index (χ1) is 12.1. The van der Waals surface area contributed by atoms with E-state index in [2.05, 4.69) is 20.6 Å². The van der Waals surface area contributed by atoms with Crippen molar-refractivity contribution in [2.24, 2.45) is 0 Å². The van der Waals surface area contributed by atoms with E-state index in [1.54, 1.807) is 18.2 Å². The molecule has 0 aliphatic heterocycles. The van der Waals surface area contributed by atoms with E-state index in [-0.39, 0.29) is 13.2 Å². The molecule has 0 unspecified atom stereocenters. The van der Waals surface area contributed by atoms with Crippen LogP contribution in [0.2, 0.25) is 10.0 Å². The van der Waals surface area contributed by atoms with Crippen molar-refractivity contribution in [2.75, 3.05) is 23.8 Å². The van der Waals surface area contributed by atoms with Gasteiger partial charge >= 0.3 is 0 Å². The lowest BCUT2D eigenvalue weighted by atomic mass is 10.2. The lowest BCUT2D eigenvalue weighted by Gasteiger charge is -2.17. The predicted molar refractivity (Wildman–Crippen MR) is 101 cm³/mol. The van der Waals surface area contributed by atoms with E-state index in [0.717, 1.165) is 5.39 Å². The first-order valence-electron chi connectivity index (χ1n) is 7.57. The fourth-order valence-electron chi connectivity index (χ4n) is 2.34. The number of hydrogen-bond acceptors (Lipinski definition) is 6. The van der Waals surface area contributed by atoms with Crippen molar-refractivity contribution in [3.63, 3.8) is 0 Å². The van der Waals surface area contributed by atoms with Crippen LogP contribution in [0.25, 0.3) is 10.9 Å². The van der Waals surface area contributed by atoms with Crippen LogP contribution in [0.5, 0.6) is 0 Å². The van der Waals surface area contributed by atoms with E-state index >= 15 is 0 Å². The van der Waals surface area contributed by atoms with Crippen LogP contribution in [0.3, 0.4) is 0 Å². The number of fused-ring (bicyclic) bond motifs is 1. The Balaban J connectivity index is 2.00. The molecule has 3 rings (SSSR count). The molecule has 0 fully saturated rings. The molecule has 0 atom stereocenters. The smallest absolute Gasteiger partial charge is 0.229 e. The molecular weight excluding hydrogens is 363 g/mol. The van der Waals surface area contributed by atoms with Gasteiger partial charge in [0.05, 0.1) is 24.8 Å². The maximum atomic E-state index is 9.31. The van der Waals surface area contributed by atoms with Crippen molar-refractivity contribution in [2.45, 2.75) is 6.04 Å². The van der Waals surface area contributed by atoms with Gasteiger partial charge in [-0.2, -0.15) is 4.98 Å². The molecule has 2 aromatic carbocycles. The number of rotatable bonds is 6. The summed E-state index contributed by atoms with van der Waals surface area (Å²) in [7, 11) is 0. The summed E-state index contributed by atoms with van der Waals surface area (Å²) in [6.07, 6.45) is 0. The Morgan fingerprint density at radius 1 is 0.960 bits per heavy atom. The summed E-state index contributed by atoms with van der Waals surface area (Å²) < 4.78 is 0. The van der Waals surface area contributed by atoms with Gasteiger partial charge in [0.15, 0.2) is 0 Å². The van der Waals surface area contributed by atoms with Gasteiger partial charge in [-0.25, -0.2) is 4.98 Å². The Bertz CT molecular complexity index is 867. The number of aliphatic hydroxyl groups is 2. The number of aliphatic hydroxyl groups excluding tert-OH is 2. The highest BCUT2D eigenvalue weighted by Crippen LogP contribution is 2.27. The third-order valence-electron chi connectivity index (χ3n) is 3.50. The molecule has 0 radical (unpaired) electrons. The van der Waals surface area contributed by atoms with Crippen molar-refractivity contribution in [3.8, 4) is 0 Å². The summed E-state index contributed by atoms with van der Waals surface area (Å²) >= 11 is 12.0. The Kier molecular flexibility index (Phi) is 5.55. The average Bonchev–Trinajstić information content (AvgIpc) is 2.58. The molecule has 0 saturated carbocycles. The molecule has 25 heavy (non-hydrogen) atoms. The van der Waals surface area contributed by atoms with Crippen LogP contribution < -0.4 is 10.6 Å². The fraction of sp³-hybridized carbons (Fsp3) is 0.176. The summed E-state index contributed by atoms with van der Waals surface area (Å²) in [5.74, 6) is 0.850. The Morgan fingerprint density at radius 3 is 2.32 bits per heavy atom. The van der Waals surface area contributed by atoms with Crippen molar-refractivity contribution in [1.29, 1.82) is 0 Å². The van der Waals surface area contributed by atoms with Crippen LogP contribution in [0.4, 0.5) is 17.5 Å². The third kappa shape index (κ3) is 4.29. The number of hydrogen-bond donors (Lipinski definition) is 4. The number of benzene rings is 2. The number of halogens is 2. The number of anilines is 3. The summed E-state index contributed by atoms with van der Waals surface area (Å²) in [5, 5.41) is 26.5. The van der Waals surface area contributed by atoms with Gasteiger partial charge < -0.3 is 20.8 Å². The van der Waals surface area contributed by atoms with Crippen LogP contribution in [0, 0.1) is 0 Å². The molecule has 1 aromatic heterocycles. The lowest BCUT2D eigenvalue weighted by Crippen LogP contribution is -2.28. The summed E-state index contributed by atoms with van der Waals surface area (Å²) in [6, 6.07) is 12.0. The zero-order chi connectivity index (χ0) is 17.8. The second-order valence-corrected chi connectivity index (χ2v) is 6.28. The minimum absolute atomic E-state index is 0.221. The van der Waals surface area contributed by atoms with Gasteiger partial charge in [-0.15, -0.1) is 0 Å². The van der Waals surface area contributed by atoms with Crippen molar-refractivity contribution in [3.05, 3.63) is 52.5 Å². The number of para-hydroxylation sites is 1. The van der Waals surface area contributed by atoms with Crippen molar-refractivity contribution >= 4 is 51.6 Å². The third-order valence-corrected chi connectivity index (χ3v) is 3.94. The van der Waals surface area contributed by atoms with E-state index in [9.17, 15) is 10.2 Å². The van der Waals surface area contributed by atoms with E-state index in [0.29, 0.717) is 33.0 Å². The molecule has 0 aliphatic carbocycles. The second kappa shape index (κ2) is 7.84. The first kappa shape index (κ1) is 17.7. The van der Waals surface area contributed by atoms with Gasteiger partial charge in [0.25, 0.3) is 0 Å². The van der Waals surface area contributed by atoms with Gasteiger partial charge in [0, 0.05) is 21.1 Å². The maximum Gasteiger partial charge on any atom is 0.229 e. The van der Waals surface area contributed by atoms with E-state index in [1.807, 2.05) is 24.3 Å². The molecule has 0 bridgehead atoms. The summed E-state index contributed by atoms with van der Waals surface area (Å²) in [6.45, 7) is -0.441. The molecule has 8 heteroatoms. The molecule has 6 nitrogen and oxygen atoms in total. The quantitative estimate of drug-likeness (QED) is 0.525. The van der Waals surface area contributed by atoms with E-state index in [1.165, 1.54) is 0 Å². The second-order valence-electron chi connectivity index (χ2n) is 5.40. The number of aromatic nitrogens is 2. The predicted octanol–water partition coefficient (Wildman–Crippen LogP) is 3.45. The molecule has 0 aliphatic rings. The molecule has 0 spiro atoms. The Morgan fingerprint density at radius 2 is 1.64 bits per heavy atom. The Labute approximate surface area is 154 Å². The van der Waals surface area contributed by atoms with Gasteiger partial charge in [-0.1, -0.05) is 35.3 Å². The summed E-state index contributed by atoms with van der Waals surface area (Å²) in [5.41, 5.74) is 1.37. The molecule has 0 saturated heterocycles. The highest BCUT2D eigenvalue weighted by molar-refractivity contribution is 6.35. The standard InChI is InChI=1S/C17H16Cl2N4O2/c18-10-5-11(19)7-12(6-10)21-17-22-15-4-2-1-3-14(15)16(23-17)20-13(8-24)9-25/h1-7,13,24-25H,8-9H2,(H2,20,21,22,23). The normalized spacial score (nSPS) is 11.1. The van der Waals surface area contributed by atoms with Crippen LogP contribution in [-0.4, -0.2) is 39.4 Å². The van der Waals surface area contributed by atoms with Gasteiger partial charge in [-0.05, 0) is 30.3 Å². The van der Waals surface area contributed by atoms with Gasteiger partial charge in [0.2, 0.25) is 5.95 Å². The van der Waals surface area contributed by atoms with Crippen LogP contribution in [0.15, 0.2) is 42.5 Å². The maximum absolute atomic E-state index is 9.31. The van der Waals surface area contributed by atoms with E-state index in [4.69, 9.17) is 23.2 Å². The van der Waals surface area contributed by atoms with Crippen LogP contribution >= 0.6 is 23.2 Å². The largest absolute Gasteiger partial charge is 0.394 e. The minimum atomic E-state index is -0.522. The molecule has 0 amide bonds. The van der Waals surface area contributed by atoms with Crippen molar-refractivity contribution in [1.82, 2.24) is 9.97 Å². The molecular formula is C17H16Cl2N4O2. The minimum Gasteiger partial charge on any atom is -0.394 e. The fourth-order valence-corrected chi connectivity index (χ4v) is 2.87. The van der Waals surface area contributed by atoms with Crippen molar-refractivity contribution < 1.29 is 10.2 Å². The first-order valence-corrected chi connectivity index (χ1v) is 8.33. The highest BCUT2D eigenvalue weighted by Gasteiger charge is 2.12. The lowest BCUT2D eigenvalue weighted by molar-refractivity contribution is 0.203. The zero-order valence-electron chi connectivity index (χ0n) is 13.1. The zero-order valence-corrected chi connectivity index (χ0v) is 14.6.